The highest BCUT2D eigenvalue weighted by Gasteiger charge is 2.15. The van der Waals surface area contributed by atoms with Gasteiger partial charge in [-0.3, -0.25) is 0 Å². The monoisotopic (exact) mass is 377 g/mol. The number of benzene rings is 1. The van der Waals surface area contributed by atoms with Crippen molar-refractivity contribution in [2.45, 2.75) is 25.8 Å². The molecule has 0 spiro atoms. The van der Waals surface area contributed by atoms with Crippen LogP contribution in [0.25, 0.3) is 11.5 Å². The van der Waals surface area contributed by atoms with Crippen LogP contribution in [0.4, 0.5) is 0 Å². The molecule has 2 rings (SSSR count). The van der Waals surface area contributed by atoms with E-state index in [2.05, 4.69) is 39.7 Å². The summed E-state index contributed by atoms with van der Waals surface area (Å²) in [5, 5.41) is 4.58. The van der Waals surface area contributed by atoms with Crippen LogP contribution in [0.15, 0.2) is 22.7 Å². The third kappa shape index (κ3) is 3.02. The number of nitrogens with two attached hydrogens (primary N) is 1. The molecule has 0 aliphatic carbocycles. The van der Waals surface area contributed by atoms with Crippen LogP contribution >= 0.6 is 34.2 Å². The van der Waals surface area contributed by atoms with Gasteiger partial charge >= 0.3 is 0 Å². The fourth-order valence-corrected chi connectivity index (χ4v) is 2.09. The molecule has 0 bridgehead atoms. The van der Waals surface area contributed by atoms with Gasteiger partial charge in [0.2, 0.25) is 0 Å². The second-order valence-corrected chi connectivity index (χ2v) is 5.55. The quantitative estimate of drug-likeness (QED) is 0.823. The first-order chi connectivity index (χ1) is 8.61. The predicted molar refractivity (Wildman–Crippen MR) is 79.3 cm³/mol. The van der Waals surface area contributed by atoms with Gasteiger partial charge in [0.15, 0.2) is 5.82 Å². The number of aromatic nitrogens is 2. The number of hydrogen-bond acceptors (Lipinski definition) is 4. The zero-order chi connectivity index (χ0) is 13.1. The molecule has 2 aromatic rings. The molecule has 6 heteroatoms. The maximum atomic E-state index is 6.06. The Hall–Kier alpha value is -0.660. The van der Waals surface area contributed by atoms with Gasteiger partial charge in [-0.2, -0.15) is 4.98 Å². The van der Waals surface area contributed by atoms with Gasteiger partial charge in [0.05, 0.1) is 11.1 Å². The molecule has 0 saturated carbocycles. The molecule has 18 heavy (non-hydrogen) atoms. The van der Waals surface area contributed by atoms with Crippen LogP contribution in [0.2, 0.25) is 5.02 Å². The predicted octanol–water partition coefficient (Wildman–Crippen LogP) is 3.79. The molecular formula is C12H13ClIN3O. The molecule has 1 aromatic carbocycles. The van der Waals surface area contributed by atoms with Crippen LogP contribution in [-0.4, -0.2) is 10.1 Å². The number of nitrogens with zero attached hydrogens (tertiary/aromatic N) is 2. The van der Waals surface area contributed by atoms with E-state index in [-0.39, 0.29) is 6.04 Å². The summed E-state index contributed by atoms with van der Waals surface area (Å²) < 4.78 is 6.20. The zero-order valence-corrected chi connectivity index (χ0v) is 12.8. The minimum Gasteiger partial charge on any atom is -0.334 e. The number of halogens is 2. The normalized spacial score (nSPS) is 12.7. The van der Waals surface area contributed by atoms with Gasteiger partial charge < -0.3 is 10.3 Å². The van der Waals surface area contributed by atoms with Crippen molar-refractivity contribution in [2.24, 2.45) is 5.73 Å². The Kier molecular flexibility index (Phi) is 4.58. The molecule has 1 aromatic heterocycles. The van der Waals surface area contributed by atoms with Crippen LogP contribution in [-0.2, 0) is 0 Å². The average molecular weight is 378 g/mol. The van der Waals surface area contributed by atoms with Crippen LogP contribution in [0.1, 0.15) is 31.6 Å². The first-order valence-electron chi connectivity index (χ1n) is 5.66. The van der Waals surface area contributed by atoms with Gasteiger partial charge in [-0.15, -0.1) is 0 Å². The third-order valence-corrected chi connectivity index (χ3v) is 4.11. The minimum atomic E-state index is -0.174. The van der Waals surface area contributed by atoms with Crippen LogP contribution < -0.4 is 5.73 Å². The molecule has 0 saturated heterocycles. The van der Waals surface area contributed by atoms with E-state index in [1.54, 1.807) is 0 Å². The fourth-order valence-electron chi connectivity index (χ4n) is 1.57. The number of rotatable bonds is 4. The SMILES string of the molecule is CCCC(N)c1noc(-c2ccc(I)c(Cl)c2)n1. The van der Waals surface area contributed by atoms with Crippen molar-refractivity contribution in [3.63, 3.8) is 0 Å². The lowest BCUT2D eigenvalue weighted by Crippen LogP contribution is -2.11. The first kappa shape index (κ1) is 13.8. The topological polar surface area (TPSA) is 64.9 Å². The maximum Gasteiger partial charge on any atom is 0.258 e. The summed E-state index contributed by atoms with van der Waals surface area (Å²) in [4.78, 5) is 4.31. The van der Waals surface area contributed by atoms with E-state index in [1.165, 1.54) is 0 Å². The largest absolute Gasteiger partial charge is 0.334 e. The smallest absolute Gasteiger partial charge is 0.258 e. The average Bonchev–Trinajstić information content (AvgIpc) is 2.82. The van der Waals surface area contributed by atoms with E-state index in [9.17, 15) is 0 Å². The molecule has 0 radical (unpaired) electrons. The summed E-state index contributed by atoms with van der Waals surface area (Å²) in [6, 6.07) is 5.45. The van der Waals surface area contributed by atoms with Crippen molar-refractivity contribution in [3.05, 3.63) is 32.6 Å². The Labute approximate surface area is 124 Å². The van der Waals surface area contributed by atoms with Gasteiger partial charge in [-0.1, -0.05) is 30.1 Å². The third-order valence-electron chi connectivity index (χ3n) is 2.54. The molecule has 96 valence electrons. The highest BCUT2D eigenvalue weighted by molar-refractivity contribution is 14.1. The summed E-state index contributed by atoms with van der Waals surface area (Å²) in [7, 11) is 0. The van der Waals surface area contributed by atoms with E-state index in [1.807, 2.05) is 18.2 Å². The number of hydrogen-bond donors (Lipinski definition) is 1. The molecule has 1 unspecified atom stereocenters. The Balaban J connectivity index is 2.26. The van der Waals surface area contributed by atoms with Crippen molar-refractivity contribution in [2.75, 3.05) is 0 Å². The lowest BCUT2D eigenvalue weighted by molar-refractivity contribution is 0.413. The Morgan fingerprint density at radius 3 is 2.94 bits per heavy atom. The van der Waals surface area contributed by atoms with Crippen molar-refractivity contribution in [3.8, 4) is 11.5 Å². The molecule has 0 amide bonds. The Morgan fingerprint density at radius 2 is 2.28 bits per heavy atom. The van der Waals surface area contributed by atoms with Crippen LogP contribution in [0, 0.1) is 3.57 Å². The fraction of sp³-hybridized carbons (Fsp3) is 0.333. The second kappa shape index (κ2) is 5.99. The second-order valence-electron chi connectivity index (χ2n) is 3.98. The van der Waals surface area contributed by atoms with Crippen molar-refractivity contribution < 1.29 is 4.52 Å². The Bertz CT molecular complexity index is 544. The van der Waals surface area contributed by atoms with Gasteiger partial charge in [0, 0.05) is 9.13 Å². The summed E-state index contributed by atoms with van der Waals surface area (Å²) >= 11 is 8.23. The molecule has 1 atom stereocenters. The maximum absolute atomic E-state index is 6.06. The molecule has 4 nitrogen and oxygen atoms in total. The standard InChI is InChI=1S/C12H13ClIN3O/c1-2-3-10(15)11-16-12(18-17-11)7-4-5-9(14)8(13)6-7/h4-6,10H,2-3,15H2,1H3. The first-order valence-corrected chi connectivity index (χ1v) is 7.12. The van der Waals surface area contributed by atoms with Crippen LogP contribution in [0.5, 0.6) is 0 Å². The zero-order valence-electron chi connectivity index (χ0n) is 9.86. The lowest BCUT2D eigenvalue weighted by Gasteiger charge is -2.02. The molecular weight excluding hydrogens is 365 g/mol. The van der Waals surface area contributed by atoms with E-state index >= 15 is 0 Å². The van der Waals surface area contributed by atoms with Gasteiger partial charge in [0.25, 0.3) is 5.89 Å². The van der Waals surface area contributed by atoms with Crippen LogP contribution in [0.3, 0.4) is 0 Å². The van der Waals surface area contributed by atoms with Crippen molar-refractivity contribution >= 4 is 34.2 Å². The minimum absolute atomic E-state index is 0.174. The molecule has 1 heterocycles. The van der Waals surface area contributed by atoms with Crippen molar-refractivity contribution in [1.29, 1.82) is 0 Å². The molecule has 2 N–H and O–H groups in total. The van der Waals surface area contributed by atoms with E-state index in [4.69, 9.17) is 21.9 Å². The molecule has 0 aliphatic rings. The molecule has 0 fully saturated rings. The summed E-state index contributed by atoms with van der Waals surface area (Å²) in [5.41, 5.74) is 6.75. The van der Waals surface area contributed by atoms with E-state index < -0.39 is 0 Å². The van der Waals surface area contributed by atoms with Gasteiger partial charge in [-0.05, 0) is 47.2 Å². The summed E-state index contributed by atoms with van der Waals surface area (Å²) in [6.45, 7) is 2.07. The van der Waals surface area contributed by atoms with E-state index in [0.29, 0.717) is 16.7 Å². The Morgan fingerprint density at radius 1 is 1.50 bits per heavy atom. The molecule has 0 aliphatic heterocycles. The lowest BCUT2D eigenvalue weighted by atomic mass is 10.2. The van der Waals surface area contributed by atoms with Gasteiger partial charge in [-0.25, -0.2) is 0 Å². The van der Waals surface area contributed by atoms with Crippen molar-refractivity contribution in [1.82, 2.24) is 10.1 Å². The summed E-state index contributed by atoms with van der Waals surface area (Å²) in [6.07, 6.45) is 1.83. The van der Waals surface area contributed by atoms with Gasteiger partial charge in [0.1, 0.15) is 0 Å². The highest BCUT2D eigenvalue weighted by Crippen LogP contribution is 2.26. The highest BCUT2D eigenvalue weighted by atomic mass is 127. The van der Waals surface area contributed by atoms with E-state index in [0.717, 1.165) is 22.0 Å². The summed E-state index contributed by atoms with van der Waals surface area (Å²) in [5.74, 6) is 0.997.